The van der Waals surface area contributed by atoms with Crippen LogP contribution in [0.1, 0.15) is 36.5 Å². The molecule has 0 saturated carbocycles. The Bertz CT molecular complexity index is 817. The van der Waals surface area contributed by atoms with Crippen molar-refractivity contribution in [2.45, 2.75) is 43.8 Å². The number of hydrogen-bond donors (Lipinski definition) is 0. The van der Waals surface area contributed by atoms with Crippen molar-refractivity contribution in [3.8, 4) is 0 Å². The molecule has 25 heavy (non-hydrogen) atoms. The number of methoxy groups -OCH3 is 1. The van der Waals surface area contributed by atoms with Crippen LogP contribution in [0, 0.1) is 5.92 Å². The number of esters is 1. The van der Waals surface area contributed by atoms with Gasteiger partial charge in [0.15, 0.2) is 5.78 Å². The number of piperidine rings is 2. The summed E-state index contributed by atoms with van der Waals surface area (Å²) in [5, 5.41) is 0. The third-order valence-corrected chi connectivity index (χ3v) is 6.76. The van der Waals surface area contributed by atoms with Crippen LogP contribution < -0.4 is 4.90 Å². The molecule has 1 aromatic rings. The summed E-state index contributed by atoms with van der Waals surface area (Å²) in [5.41, 5.74) is 2.32. The van der Waals surface area contributed by atoms with Crippen LogP contribution >= 0.6 is 0 Å². The number of para-hydroxylation sites is 1. The molecule has 4 heterocycles. The van der Waals surface area contributed by atoms with Gasteiger partial charge in [-0.25, -0.2) is 4.79 Å². The average Bonchev–Trinajstić information content (AvgIpc) is 3.17. The molecule has 5 nitrogen and oxygen atoms in total. The van der Waals surface area contributed by atoms with Crippen molar-refractivity contribution >= 4 is 17.4 Å². The Labute approximate surface area is 147 Å². The summed E-state index contributed by atoms with van der Waals surface area (Å²) in [6.07, 6.45) is 4.67. The summed E-state index contributed by atoms with van der Waals surface area (Å²) in [7, 11) is 1.45. The molecule has 2 bridgehead atoms. The van der Waals surface area contributed by atoms with E-state index in [9.17, 15) is 9.59 Å². The van der Waals surface area contributed by atoms with Gasteiger partial charge >= 0.3 is 5.97 Å². The van der Waals surface area contributed by atoms with E-state index in [1.54, 1.807) is 0 Å². The number of Topliss-reactive ketones (excluding diaryl/α,β-unsaturated/α-hetero) is 1. The maximum absolute atomic E-state index is 13.5. The summed E-state index contributed by atoms with van der Waals surface area (Å²) >= 11 is 0. The predicted octanol–water partition coefficient (Wildman–Crippen LogP) is 2.37. The smallest absolute Gasteiger partial charge is 0.328 e. The zero-order valence-electron chi connectivity index (χ0n) is 14.6. The van der Waals surface area contributed by atoms with Gasteiger partial charge in [0.2, 0.25) is 0 Å². The van der Waals surface area contributed by atoms with Crippen LogP contribution in [0.4, 0.5) is 5.69 Å². The van der Waals surface area contributed by atoms with E-state index in [1.165, 1.54) is 12.8 Å². The van der Waals surface area contributed by atoms with Gasteiger partial charge in [-0.3, -0.25) is 4.79 Å². The third kappa shape index (κ3) is 1.59. The minimum atomic E-state index is -0.617. The minimum absolute atomic E-state index is 0.151. The second-order valence-electron chi connectivity index (χ2n) is 7.55. The van der Waals surface area contributed by atoms with Gasteiger partial charge in [-0.15, -0.1) is 0 Å². The molecule has 0 aromatic heterocycles. The monoisotopic (exact) mass is 338 g/mol. The molecule has 4 aliphatic rings. The lowest BCUT2D eigenvalue weighted by atomic mass is 9.70. The molecule has 1 spiro atoms. The van der Waals surface area contributed by atoms with Crippen molar-refractivity contribution in [2.24, 2.45) is 5.92 Å². The number of anilines is 1. The van der Waals surface area contributed by atoms with Crippen LogP contribution in [0.3, 0.4) is 0 Å². The number of allylic oxidation sites excluding steroid dienone is 2. The predicted molar refractivity (Wildman–Crippen MR) is 93.4 cm³/mol. The lowest BCUT2D eigenvalue weighted by Gasteiger charge is -2.55. The molecule has 0 aliphatic carbocycles. The maximum Gasteiger partial charge on any atom is 0.328 e. The lowest BCUT2D eigenvalue weighted by molar-refractivity contribution is -0.145. The first kappa shape index (κ1) is 15.0. The fourth-order valence-corrected chi connectivity index (χ4v) is 5.82. The van der Waals surface area contributed by atoms with Crippen molar-refractivity contribution in [1.82, 2.24) is 4.90 Å². The van der Waals surface area contributed by atoms with Crippen LogP contribution in [-0.2, 0) is 9.53 Å². The Hall–Kier alpha value is -2.30. The first-order valence-electron chi connectivity index (χ1n) is 9.06. The number of fused-ring (bicyclic) bond motifs is 3. The van der Waals surface area contributed by atoms with Gasteiger partial charge in [-0.2, -0.15) is 0 Å². The number of hydrogen-bond acceptors (Lipinski definition) is 5. The van der Waals surface area contributed by atoms with Crippen molar-refractivity contribution in [1.29, 1.82) is 0 Å². The fraction of sp³-hybridized carbons (Fsp3) is 0.500. The highest BCUT2D eigenvalue weighted by atomic mass is 16.5. The van der Waals surface area contributed by atoms with Crippen LogP contribution in [0.2, 0.25) is 0 Å². The number of rotatable bonds is 1. The number of ether oxygens (including phenoxy) is 1. The van der Waals surface area contributed by atoms with E-state index < -0.39 is 5.54 Å². The van der Waals surface area contributed by atoms with Crippen molar-refractivity contribution in [2.75, 3.05) is 18.6 Å². The second-order valence-corrected chi connectivity index (χ2v) is 7.55. The standard InChI is InChI=1S/C20H22N2O3/c1-3-13-10-12-11-16-20(8-9-21(13)16)18(23)14-6-4-5-7-15(14)22(20)17(12)19(24)25-2/h3-7,12,16-17H,8-11H2,1-2H3/t12-,16+,17-,20+/m1/s1. The summed E-state index contributed by atoms with van der Waals surface area (Å²) in [5.74, 6) is 0.147. The molecule has 130 valence electrons. The summed E-state index contributed by atoms with van der Waals surface area (Å²) in [4.78, 5) is 30.9. The molecule has 0 radical (unpaired) electrons. The van der Waals surface area contributed by atoms with Crippen molar-refractivity contribution in [3.63, 3.8) is 0 Å². The van der Waals surface area contributed by atoms with Crippen LogP contribution in [0.25, 0.3) is 0 Å². The zero-order chi connectivity index (χ0) is 17.3. The number of ketones is 1. The van der Waals surface area contributed by atoms with Crippen LogP contribution in [0.5, 0.6) is 0 Å². The van der Waals surface area contributed by atoms with Crippen LogP contribution in [-0.4, -0.2) is 47.9 Å². The Kier molecular flexibility index (Phi) is 2.92. The molecule has 4 aliphatic heterocycles. The SMILES string of the molecule is CC=C1C[C@@H]2C[C@@H]3N1CC[C@@]31C(=O)c3ccccc3N1[C@H]2C(=O)OC. The number of benzene rings is 1. The molecular formula is C20H22N2O3. The van der Waals surface area contributed by atoms with E-state index in [0.29, 0.717) is 0 Å². The molecular weight excluding hydrogens is 316 g/mol. The largest absolute Gasteiger partial charge is 0.467 e. The Morgan fingerprint density at radius 2 is 2.16 bits per heavy atom. The number of nitrogens with zero attached hydrogens (tertiary/aromatic N) is 2. The van der Waals surface area contributed by atoms with Crippen LogP contribution in [0.15, 0.2) is 36.0 Å². The average molecular weight is 338 g/mol. The minimum Gasteiger partial charge on any atom is -0.467 e. The molecule has 3 fully saturated rings. The Morgan fingerprint density at radius 3 is 2.92 bits per heavy atom. The van der Waals surface area contributed by atoms with E-state index in [-0.39, 0.29) is 29.8 Å². The summed E-state index contributed by atoms with van der Waals surface area (Å²) < 4.78 is 5.19. The van der Waals surface area contributed by atoms with Crippen molar-refractivity contribution < 1.29 is 14.3 Å². The Morgan fingerprint density at radius 1 is 1.36 bits per heavy atom. The summed E-state index contributed by atoms with van der Waals surface area (Å²) in [6.45, 7) is 2.93. The molecule has 4 atom stereocenters. The first-order chi connectivity index (χ1) is 12.1. The van der Waals surface area contributed by atoms with Gasteiger partial charge in [0, 0.05) is 23.5 Å². The van der Waals surface area contributed by atoms with E-state index in [0.717, 1.165) is 37.1 Å². The number of carbonyl (C=O) groups is 2. The van der Waals surface area contributed by atoms with Gasteiger partial charge in [-0.1, -0.05) is 18.2 Å². The highest BCUT2D eigenvalue weighted by molar-refractivity contribution is 6.16. The van der Waals surface area contributed by atoms with Gasteiger partial charge < -0.3 is 14.5 Å². The van der Waals surface area contributed by atoms with E-state index in [4.69, 9.17) is 4.74 Å². The molecule has 0 unspecified atom stereocenters. The van der Waals surface area contributed by atoms with E-state index in [2.05, 4.69) is 22.8 Å². The van der Waals surface area contributed by atoms with Gasteiger partial charge in [0.25, 0.3) is 0 Å². The molecule has 0 N–H and O–H groups in total. The normalized spacial score (nSPS) is 36.5. The van der Waals surface area contributed by atoms with E-state index >= 15 is 0 Å². The van der Waals surface area contributed by atoms with Gasteiger partial charge in [0.1, 0.15) is 11.6 Å². The quantitative estimate of drug-likeness (QED) is 0.736. The molecule has 0 amide bonds. The highest BCUT2D eigenvalue weighted by Crippen LogP contribution is 2.57. The third-order valence-electron chi connectivity index (χ3n) is 6.76. The van der Waals surface area contributed by atoms with E-state index in [1.807, 2.05) is 24.3 Å². The lowest BCUT2D eigenvalue weighted by Crippen LogP contribution is -2.70. The van der Waals surface area contributed by atoms with Gasteiger partial charge in [-0.05, 0) is 44.2 Å². The summed E-state index contributed by atoms with van der Waals surface area (Å²) in [6, 6.07) is 7.52. The molecule has 5 rings (SSSR count). The highest BCUT2D eigenvalue weighted by Gasteiger charge is 2.68. The molecule has 3 saturated heterocycles. The molecule has 5 heteroatoms. The maximum atomic E-state index is 13.5. The topological polar surface area (TPSA) is 49.9 Å². The number of carbonyl (C=O) groups excluding carboxylic acids is 2. The zero-order valence-corrected chi connectivity index (χ0v) is 14.6. The fourth-order valence-electron chi connectivity index (χ4n) is 5.82. The van der Waals surface area contributed by atoms with Crippen molar-refractivity contribution in [3.05, 3.63) is 41.6 Å². The second kappa shape index (κ2) is 4.87. The Balaban J connectivity index is 1.76. The first-order valence-corrected chi connectivity index (χ1v) is 9.06. The van der Waals surface area contributed by atoms with Gasteiger partial charge in [0.05, 0.1) is 13.2 Å². The molecule has 1 aromatic carbocycles.